The van der Waals surface area contributed by atoms with Crippen LogP contribution in [0.15, 0.2) is 52.5 Å². The second kappa shape index (κ2) is 22.5. The first-order valence-electron chi connectivity index (χ1n) is 13.2. The standard InChI is InChI=1S/C12H17NO3S.C9H15NOS.C8H13NOS.CH4/c1-9(14)13(3)7-6-11(16-10(2)15)12-5-4-8-17-12;1-10(2)6-5-8(11)9-4-3-7-12-9;1-9-5-4-7(10)8-3-2-6-11-8;/h4-5,8,11H,6-7H2,1-3H3;3-4,7-8,11H,5-6H2,1-2H3;2-3,6-7,9-10H,4-5H2,1H3;1H4/t11-;8-;7-;/m000./s1. The highest BCUT2D eigenvalue weighted by atomic mass is 32.1. The smallest absolute Gasteiger partial charge is 0.303 e. The molecule has 0 aromatic carbocycles. The molecule has 0 unspecified atom stereocenters. The van der Waals surface area contributed by atoms with Crippen LogP contribution in [-0.2, 0) is 14.3 Å². The summed E-state index contributed by atoms with van der Waals surface area (Å²) in [5, 5.41) is 28.1. The Hall–Kier alpha value is -2.12. The van der Waals surface area contributed by atoms with Crippen LogP contribution in [0.2, 0.25) is 0 Å². The Labute approximate surface area is 258 Å². The summed E-state index contributed by atoms with van der Waals surface area (Å²) >= 11 is 4.77. The molecule has 3 heterocycles. The minimum Gasteiger partial charge on any atom is -0.457 e. The molecular formula is C30H49N3O5S3. The number of carbonyl (C=O) groups excluding carboxylic acids is 2. The van der Waals surface area contributed by atoms with E-state index in [4.69, 9.17) is 4.74 Å². The van der Waals surface area contributed by atoms with Crippen molar-refractivity contribution in [2.45, 2.75) is 58.8 Å². The van der Waals surface area contributed by atoms with Gasteiger partial charge < -0.3 is 30.1 Å². The van der Waals surface area contributed by atoms with Crippen LogP contribution in [0, 0.1) is 0 Å². The molecule has 11 heteroatoms. The summed E-state index contributed by atoms with van der Waals surface area (Å²) in [6, 6.07) is 11.7. The number of aliphatic hydroxyl groups is 2. The maximum atomic E-state index is 11.1. The van der Waals surface area contributed by atoms with Gasteiger partial charge in [-0.25, -0.2) is 0 Å². The summed E-state index contributed by atoms with van der Waals surface area (Å²) in [7, 11) is 7.66. The van der Waals surface area contributed by atoms with Crippen molar-refractivity contribution in [3.8, 4) is 0 Å². The van der Waals surface area contributed by atoms with Crippen LogP contribution in [0.5, 0.6) is 0 Å². The first kappa shape index (κ1) is 38.9. The van der Waals surface area contributed by atoms with Crippen LogP contribution >= 0.6 is 34.0 Å². The lowest BCUT2D eigenvalue weighted by molar-refractivity contribution is -0.147. The molecule has 232 valence electrons. The van der Waals surface area contributed by atoms with Crippen molar-refractivity contribution in [1.29, 1.82) is 0 Å². The third-order valence-corrected chi connectivity index (χ3v) is 8.61. The number of thiophene rings is 3. The fraction of sp³-hybridized carbons (Fsp3) is 0.533. The Balaban J connectivity index is 0.000000596. The fourth-order valence-electron chi connectivity index (χ4n) is 3.31. The number of esters is 1. The van der Waals surface area contributed by atoms with Crippen LogP contribution in [0.1, 0.15) is 73.5 Å². The third-order valence-electron chi connectivity index (χ3n) is 5.69. The van der Waals surface area contributed by atoms with Gasteiger partial charge in [-0.3, -0.25) is 9.59 Å². The lowest BCUT2D eigenvalue weighted by Gasteiger charge is -2.20. The molecule has 3 atom stereocenters. The number of amides is 1. The van der Waals surface area contributed by atoms with Crippen molar-refractivity contribution in [2.75, 3.05) is 47.8 Å². The minimum absolute atomic E-state index is 0. The molecule has 3 N–H and O–H groups in total. The number of aliphatic hydroxyl groups excluding tert-OH is 2. The normalized spacial score (nSPS) is 12.5. The largest absolute Gasteiger partial charge is 0.457 e. The number of hydrogen-bond donors (Lipinski definition) is 3. The summed E-state index contributed by atoms with van der Waals surface area (Å²) in [5.74, 6) is -0.286. The van der Waals surface area contributed by atoms with Crippen molar-refractivity contribution in [2.24, 2.45) is 0 Å². The Morgan fingerprint density at radius 1 is 0.829 bits per heavy atom. The SMILES string of the molecule is C.CC(=O)O[C@@H](CCN(C)C(C)=O)c1cccs1.CN(C)CC[C@H](O)c1cccs1.CNCC[C@H](O)c1cccs1. The zero-order valence-electron chi connectivity index (χ0n) is 24.4. The predicted molar refractivity (Wildman–Crippen MR) is 174 cm³/mol. The van der Waals surface area contributed by atoms with E-state index in [1.165, 1.54) is 13.8 Å². The molecule has 3 aromatic rings. The molecule has 0 saturated carbocycles. The van der Waals surface area contributed by atoms with E-state index in [2.05, 4.69) is 10.2 Å². The molecule has 0 bridgehead atoms. The summed E-state index contributed by atoms with van der Waals surface area (Å²) in [5.41, 5.74) is 0. The third kappa shape index (κ3) is 17.4. The average molecular weight is 628 g/mol. The zero-order chi connectivity index (χ0) is 29.9. The maximum absolute atomic E-state index is 11.1. The lowest BCUT2D eigenvalue weighted by Crippen LogP contribution is -2.26. The Kier molecular flexibility index (Phi) is 21.3. The Bertz CT molecular complexity index is 1030. The second-order valence-corrected chi connectivity index (χ2v) is 12.3. The topological polar surface area (TPSA) is 102 Å². The van der Waals surface area contributed by atoms with Gasteiger partial charge in [0.1, 0.15) is 6.10 Å². The number of rotatable bonds is 13. The maximum Gasteiger partial charge on any atom is 0.303 e. The van der Waals surface area contributed by atoms with Crippen LogP contribution in [0.3, 0.4) is 0 Å². The number of nitrogens with zero attached hydrogens (tertiary/aromatic N) is 2. The Morgan fingerprint density at radius 3 is 1.71 bits per heavy atom. The summed E-state index contributed by atoms with van der Waals surface area (Å²) in [4.78, 5) is 28.9. The van der Waals surface area contributed by atoms with Gasteiger partial charge >= 0.3 is 5.97 Å². The van der Waals surface area contributed by atoms with Gasteiger partial charge in [0, 0.05) is 55.0 Å². The number of carbonyl (C=O) groups is 2. The van der Waals surface area contributed by atoms with E-state index < -0.39 is 0 Å². The molecule has 3 aromatic heterocycles. The molecule has 0 aliphatic carbocycles. The molecule has 0 aliphatic rings. The number of hydrogen-bond acceptors (Lipinski definition) is 10. The number of nitrogens with one attached hydrogen (secondary N) is 1. The van der Waals surface area contributed by atoms with Gasteiger partial charge in [-0.05, 0) is 74.9 Å². The average Bonchev–Trinajstić information content (AvgIpc) is 3.72. The lowest BCUT2D eigenvalue weighted by atomic mass is 10.2. The van der Waals surface area contributed by atoms with E-state index in [9.17, 15) is 19.8 Å². The van der Waals surface area contributed by atoms with E-state index in [-0.39, 0.29) is 37.6 Å². The predicted octanol–water partition coefficient (Wildman–Crippen LogP) is 5.98. The molecule has 0 fully saturated rings. The van der Waals surface area contributed by atoms with E-state index in [0.29, 0.717) is 13.0 Å². The van der Waals surface area contributed by atoms with Crippen molar-refractivity contribution < 1.29 is 24.5 Å². The van der Waals surface area contributed by atoms with Crippen molar-refractivity contribution in [1.82, 2.24) is 15.1 Å². The van der Waals surface area contributed by atoms with Crippen LogP contribution < -0.4 is 5.32 Å². The highest BCUT2D eigenvalue weighted by Gasteiger charge is 2.17. The highest BCUT2D eigenvalue weighted by Crippen LogP contribution is 2.26. The fourth-order valence-corrected chi connectivity index (χ4v) is 5.59. The van der Waals surface area contributed by atoms with E-state index in [1.807, 2.05) is 73.7 Å². The van der Waals surface area contributed by atoms with Gasteiger partial charge in [-0.15, -0.1) is 34.0 Å². The van der Waals surface area contributed by atoms with E-state index >= 15 is 0 Å². The first-order valence-corrected chi connectivity index (χ1v) is 15.8. The molecule has 41 heavy (non-hydrogen) atoms. The molecule has 0 aliphatic heterocycles. The van der Waals surface area contributed by atoms with Gasteiger partial charge in [0.2, 0.25) is 5.91 Å². The molecule has 0 radical (unpaired) electrons. The first-order chi connectivity index (χ1) is 19.0. The van der Waals surface area contributed by atoms with E-state index in [1.54, 1.807) is 46.0 Å². The van der Waals surface area contributed by atoms with Crippen LogP contribution in [-0.4, -0.2) is 79.7 Å². The van der Waals surface area contributed by atoms with Crippen molar-refractivity contribution >= 4 is 45.9 Å². The van der Waals surface area contributed by atoms with Gasteiger partial charge in [0.05, 0.1) is 12.2 Å². The monoisotopic (exact) mass is 627 g/mol. The second-order valence-electron chi connectivity index (χ2n) is 9.39. The summed E-state index contributed by atoms with van der Waals surface area (Å²) in [6.07, 6.45) is 1.39. The minimum atomic E-state index is -0.297. The molecule has 8 nitrogen and oxygen atoms in total. The zero-order valence-corrected chi connectivity index (χ0v) is 26.9. The molecule has 3 rings (SSSR count). The quantitative estimate of drug-likeness (QED) is 0.200. The van der Waals surface area contributed by atoms with E-state index in [0.717, 1.165) is 40.6 Å². The molecule has 0 saturated heterocycles. The van der Waals surface area contributed by atoms with Gasteiger partial charge in [-0.2, -0.15) is 0 Å². The van der Waals surface area contributed by atoms with Crippen molar-refractivity contribution in [3.05, 3.63) is 67.2 Å². The Morgan fingerprint density at radius 2 is 1.32 bits per heavy atom. The highest BCUT2D eigenvalue weighted by molar-refractivity contribution is 7.10. The molecule has 1 amide bonds. The van der Waals surface area contributed by atoms with Crippen molar-refractivity contribution in [3.63, 3.8) is 0 Å². The van der Waals surface area contributed by atoms with Gasteiger partial charge in [0.25, 0.3) is 0 Å². The van der Waals surface area contributed by atoms with Gasteiger partial charge in [-0.1, -0.05) is 25.6 Å². The van der Waals surface area contributed by atoms with Crippen LogP contribution in [0.25, 0.3) is 0 Å². The summed E-state index contributed by atoms with van der Waals surface area (Å²) < 4.78 is 5.26. The molecular weight excluding hydrogens is 579 g/mol. The number of ether oxygens (including phenoxy) is 1. The summed E-state index contributed by atoms with van der Waals surface area (Å²) in [6.45, 7) is 5.28. The van der Waals surface area contributed by atoms with Crippen LogP contribution in [0.4, 0.5) is 0 Å². The van der Waals surface area contributed by atoms with Gasteiger partial charge in [0.15, 0.2) is 0 Å². The molecule has 0 spiro atoms.